The van der Waals surface area contributed by atoms with Gasteiger partial charge >= 0.3 is 0 Å². The van der Waals surface area contributed by atoms with Gasteiger partial charge < -0.3 is 10.1 Å². The van der Waals surface area contributed by atoms with Crippen LogP contribution in [0.3, 0.4) is 0 Å². The fourth-order valence-corrected chi connectivity index (χ4v) is 3.85. The summed E-state index contributed by atoms with van der Waals surface area (Å²) in [6, 6.07) is 14.4. The summed E-state index contributed by atoms with van der Waals surface area (Å²) in [4.78, 5) is 13.5. The Morgan fingerprint density at radius 2 is 1.81 bits per heavy atom. The van der Waals surface area contributed by atoms with Crippen LogP contribution in [0.5, 0.6) is 5.75 Å². The van der Waals surface area contributed by atoms with Gasteiger partial charge in [-0.15, -0.1) is 11.8 Å². The first-order valence-corrected chi connectivity index (χ1v) is 10.1. The lowest BCUT2D eigenvalue weighted by Gasteiger charge is -2.21. The maximum atomic E-state index is 12.3. The van der Waals surface area contributed by atoms with Gasteiger partial charge in [-0.2, -0.15) is 0 Å². The van der Waals surface area contributed by atoms with E-state index in [1.165, 1.54) is 10.5 Å². The van der Waals surface area contributed by atoms with Crippen LogP contribution in [0.4, 0.5) is 0 Å². The van der Waals surface area contributed by atoms with E-state index in [1.54, 1.807) is 18.9 Å². The Morgan fingerprint density at radius 3 is 2.42 bits per heavy atom. The molecule has 0 aliphatic carbocycles. The largest absolute Gasteiger partial charge is 0.496 e. The van der Waals surface area contributed by atoms with Gasteiger partial charge in [-0.25, -0.2) is 0 Å². The van der Waals surface area contributed by atoms with Crippen LogP contribution < -0.4 is 10.1 Å². The van der Waals surface area contributed by atoms with E-state index >= 15 is 0 Å². The van der Waals surface area contributed by atoms with Crippen LogP contribution in [-0.2, 0) is 4.79 Å². The number of thioether (sulfide) groups is 1. The van der Waals surface area contributed by atoms with E-state index in [2.05, 4.69) is 50.4 Å². The first-order chi connectivity index (χ1) is 12.4. The van der Waals surface area contributed by atoms with Crippen LogP contribution in [0, 0.1) is 6.92 Å². The minimum absolute atomic E-state index is 0.0207. The Morgan fingerprint density at radius 1 is 1.12 bits per heavy atom. The van der Waals surface area contributed by atoms with Crippen molar-refractivity contribution in [3.8, 4) is 5.75 Å². The van der Waals surface area contributed by atoms with Crippen molar-refractivity contribution in [1.82, 2.24) is 5.32 Å². The minimum atomic E-state index is -0.0207. The van der Waals surface area contributed by atoms with Crippen LogP contribution in [0.25, 0.3) is 0 Å². The molecule has 3 nitrogen and oxygen atoms in total. The lowest BCUT2D eigenvalue weighted by atomic mass is 9.93. The van der Waals surface area contributed by atoms with Crippen LogP contribution in [0.15, 0.2) is 47.4 Å². The van der Waals surface area contributed by atoms with Crippen molar-refractivity contribution < 1.29 is 9.53 Å². The average molecular weight is 372 g/mol. The van der Waals surface area contributed by atoms with E-state index in [0.717, 1.165) is 22.6 Å². The molecule has 1 N–H and O–H groups in total. The third-order valence-electron chi connectivity index (χ3n) is 4.43. The van der Waals surface area contributed by atoms with Crippen LogP contribution in [0.1, 0.15) is 55.8 Å². The molecule has 2 rings (SSSR count). The second-order valence-electron chi connectivity index (χ2n) is 6.81. The standard InChI is InChI=1S/C22H29NO2S/c1-15(2)19-14-20(16(3)13-21(19)25-5)17(4)23-22(24)11-12-26-18-9-7-6-8-10-18/h6-10,13-15,17H,11-12H2,1-5H3,(H,23,24)/t17-/m0/s1. The molecule has 2 aromatic rings. The van der Waals surface area contributed by atoms with Gasteiger partial charge in [-0.05, 0) is 60.7 Å². The summed E-state index contributed by atoms with van der Waals surface area (Å²) < 4.78 is 5.51. The lowest BCUT2D eigenvalue weighted by molar-refractivity contribution is -0.121. The number of nitrogens with one attached hydrogen (secondary N) is 1. The fourth-order valence-electron chi connectivity index (χ4n) is 2.98. The SMILES string of the molecule is COc1cc(C)c([C@H](C)NC(=O)CCSc2ccccc2)cc1C(C)C. The Bertz CT molecular complexity index is 728. The molecule has 0 radical (unpaired) electrons. The van der Waals surface area contributed by atoms with Crippen LogP contribution >= 0.6 is 11.8 Å². The molecule has 0 aliphatic heterocycles. The highest BCUT2D eigenvalue weighted by atomic mass is 32.2. The highest BCUT2D eigenvalue weighted by Crippen LogP contribution is 2.32. The summed E-state index contributed by atoms with van der Waals surface area (Å²) in [5.41, 5.74) is 3.46. The van der Waals surface area contributed by atoms with Crippen molar-refractivity contribution in [1.29, 1.82) is 0 Å². The molecule has 1 amide bonds. The van der Waals surface area contributed by atoms with E-state index in [0.29, 0.717) is 12.3 Å². The van der Waals surface area contributed by atoms with Crippen molar-refractivity contribution in [3.05, 3.63) is 59.2 Å². The summed E-state index contributed by atoms with van der Waals surface area (Å²) in [7, 11) is 1.70. The Kier molecular flexibility index (Phi) is 7.58. The van der Waals surface area contributed by atoms with Crippen molar-refractivity contribution in [3.63, 3.8) is 0 Å². The summed E-state index contributed by atoms with van der Waals surface area (Å²) in [5.74, 6) is 2.15. The zero-order valence-corrected chi connectivity index (χ0v) is 17.2. The van der Waals surface area contributed by atoms with Gasteiger partial charge in [0.25, 0.3) is 0 Å². The van der Waals surface area contributed by atoms with Crippen molar-refractivity contribution in [2.75, 3.05) is 12.9 Å². The Labute approximate surface area is 161 Å². The molecule has 0 spiro atoms. The summed E-state index contributed by atoms with van der Waals surface area (Å²) in [6.07, 6.45) is 0.510. The summed E-state index contributed by atoms with van der Waals surface area (Å²) >= 11 is 1.71. The first kappa shape index (κ1) is 20.4. The van der Waals surface area contributed by atoms with Gasteiger partial charge in [-0.3, -0.25) is 4.79 Å². The number of amides is 1. The number of ether oxygens (including phenoxy) is 1. The number of benzene rings is 2. The first-order valence-electron chi connectivity index (χ1n) is 9.08. The Hall–Kier alpha value is -1.94. The van der Waals surface area contributed by atoms with Gasteiger partial charge in [0.05, 0.1) is 13.2 Å². The average Bonchev–Trinajstić information content (AvgIpc) is 2.61. The zero-order valence-electron chi connectivity index (χ0n) is 16.3. The van der Waals surface area contributed by atoms with E-state index in [9.17, 15) is 4.79 Å². The molecular formula is C22H29NO2S. The second kappa shape index (κ2) is 9.67. The summed E-state index contributed by atoms with van der Waals surface area (Å²) in [5, 5.41) is 3.13. The molecule has 4 heteroatoms. The van der Waals surface area contributed by atoms with E-state index in [4.69, 9.17) is 4.74 Å². The number of methoxy groups -OCH3 is 1. The second-order valence-corrected chi connectivity index (χ2v) is 7.97. The topological polar surface area (TPSA) is 38.3 Å². The molecule has 0 bridgehead atoms. The molecule has 1 atom stereocenters. The number of hydrogen-bond donors (Lipinski definition) is 1. The Balaban J connectivity index is 1.97. The number of aryl methyl sites for hydroxylation is 1. The molecule has 0 saturated carbocycles. The number of carbonyl (C=O) groups excluding carboxylic acids is 1. The molecule has 0 fully saturated rings. The van der Waals surface area contributed by atoms with Gasteiger partial charge in [0.1, 0.15) is 5.75 Å². The van der Waals surface area contributed by atoms with Gasteiger partial charge in [0.2, 0.25) is 5.91 Å². The van der Waals surface area contributed by atoms with Gasteiger partial charge in [0, 0.05) is 17.1 Å². The monoisotopic (exact) mass is 371 g/mol. The molecule has 0 aliphatic rings. The van der Waals surface area contributed by atoms with Gasteiger partial charge in [-0.1, -0.05) is 32.0 Å². The third kappa shape index (κ3) is 5.53. The minimum Gasteiger partial charge on any atom is -0.496 e. The maximum absolute atomic E-state index is 12.3. The quantitative estimate of drug-likeness (QED) is 0.624. The molecule has 2 aromatic carbocycles. The smallest absolute Gasteiger partial charge is 0.221 e. The fraction of sp³-hybridized carbons (Fsp3) is 0.409. The molecule has 26 heavy (non-hydrogen) atoms. The van der Waals surface area contributed by atoms with E-state index < -0.39 is 0 Å². The van der Waals surface area contributed by atoms with Crippen molar-refractivity contribution in [2.24, 2.45) is 0 Å². The van der Waals surface area contributed by atoms with E-state index in [1.807, 2.05) is 25.1 Å². The number of carbonyl (C=O) groups is 1. The number of hydrogen-bond acceptors (Lipinski definition) is 3. The molecular weight excluding hydrogens is 342 g/mol. The van der Waals surface area contributed by atoms with Gasteiger partial charge in [0.15, 0.2) is 0 Å². The summed E-state index contributed by atoms with van der Waals surface area (Å²) in [6.45, 7) is 8.42. The highest BCUT2D eigenvalue weighted by Gasteiger charge is 2.16. The highest BCUT2D eigenvalue weighted by molar-refractivity contribution is 7.99. The van der Waals surface area contributed by atoms with Crippen LogP contribution in [0.2, 0.25) is 0 Å². The van der Waals surface area contributed by atoms with Crippen molar-refractivity contribution >= 4 is 17.7 Å². The molecule has 0 unspecified atom stereocenters. The third-order valence-corrected chi connectivity index (χ3v) is 5.44. The molecule has 140 valence electrons. The van der Waals surface area contributed by atoms with Crippen molar-refractivity contribution in [2.45, 2.75) is 51.0 Å². The number of rotatable bonds is 8. The maximum Gasteiger partial charge on any atom is 0.221 e. The van der Waals surface area contributed by atoms with Crippen LogP contribution in [-0.4, -0.2) is 18.8 Å². The lowest BCUT2D eigenvalue weighted by Crippen LogP contribution is -2.27. The molecule has 0 heterocycles. The predicted molar refractivity (Wildman–Crippen MR) is 110 cm³/mol. The normalized spacial score (nSPS) is 12.1. The predicted octanol–water partition coefficient (Wildman–Crippen LogP) is 5.49. The van der Waals surface area contributed by atoms with E-state index in [-0.39, 0.29) is 11.9 Å². The molecule has 0 saturated heterocycles. The zero-order chi connectivity index (χ0) is 19.1. The molecule has 0 aromatic heterocycles.